The summed E-state index contributed by atoms with van der Waals surface area (Å²) >= 11 is 5.26. The lowest BCUT2D eigenvalue weighted by molar-refractivity contribution is -0.182. The second-order valence-electron chi connectivity index (χ2n) is 4.29. The van der Waals surface area contributed by atoms with E-state index in [0.29, 0.717) is 4.90 Å². The SMILES string of the molecule is CC(C)N(CCCC(=O)CCl)C(=O)C(F)(F)C(F)F. The first kappa shape index (κ1) is 18.1. The quantitative estimate of drug-likeness (QED) is 0.511. The molecule has 3 nitrogen and oxygen atoms in total. The van der Waals surface area contributed by atoms with E-state index in [1.54, 1.807) is 0 Å². The van der Waals surface area contributed by atoms with Crippen LogP contribution in [0.3, 0.4) is 0 Å². The highest BCUT2D eigenvalue weighted by molar-refractivity contribution is 6.27. The number of hydrogen-bond acceptors (Lipinski definition) is 2. The molecule has 1 amide bonds. The Hall–Kier alpha value is -0.850. The standard InChI is InChI=1S/C11H16ClF4NO2/c1-7(2)17(5-3-4-8(18)6-12)10(19)11(15,16)9(13)14/h7,9H,3-6H2,1-2H3. The van der Waals surface area contributed by atoms with Crippen LogP contribution in [0.2, 0.25) is 0 Å². The van der Waals surface area contributed by atoms with Crippen LogP contribution in [0.25, 0.3) is 0 Å². The molecule has 0 bridgehead atoms. The molecule has 0 atom stereocenters. The van der Waals surface area contributed by atoms with Gasteiger partial charge in [-0.2, -0.15) is 8.78 Å². The van der Waals surface area contributed by atoms with Gasteiger partial charge in [0.1, 0.15) is 5.78 Å². The molecule has 0 aromatic heterocycles. The van der Waals surface area contributed by atoms with Crippen LogP contribution in [0, 0.1) is 0 Å². The molecule has 0 fully saturated rings. The van der Waals surface area contributed by atoms with Gasteiger partial charge in [-0.3, -0.25) is 9.59 Å². The third kappa shape index (κ3) is 5.34. The maximum absolute atomic E-state index is 13.0. The summed E-state index contributed by atoms with van der Waals surface area (Å²) in [5, 5.41) is 0. The van der Waals surface area contributed by atoms with E-state index in [2.05, 4.69) is 0 Å². The fourth-order valence-corrected chi connectivity index (χ4v) is 1.53. The molecule has 0 saturated carbocycles. The van der Waals surface area contributed by atoms with Crippen molar-refractivity contribution >= 4 is 23.3 Å². The Labute approximate surface area is 113 Å². The minimum atomic E-state index is -4.71. The normalized spacial score (nSPS) is 12.1. The number of amides is 1. The molecule has 8 heteroatoms. The van der Waals surface area contributed by atoms with Crippen molar-refractivity contribution in [3.63, 3.8) is 0 Å². The first-order valence-electron chi connectivity index (χ1n) is 5.69. The maximum Gasteiger partial charge on any atom is 0.383 e. The van der Waals surface area contributed by atoms with Gasteiger partial charge in [0, 0.05) is 19.0 Å². The van der Waals surface area contributed by atoms with Gasteiger partial charge >= 0.3 is 12.3 Å². The highest BCUT2D eigenvalue weighted by atomic mass is 35.5. The molecule has 0 heterocycles. The van der Waals surface area contributed by atoms with Crippen LogP contribution < -0.4 is 0 Å². The lowest BCUT2D eigenvalue weighted by Crippen LogP contribution is -2.50. The molecule has 0 rings (SSSR count). The molecule has 0 aliphatic heterocycles. The number of nitrogens with zero attached hydrogens (tertiary/aromatic N) is 1. The highest BCUT2D eigenvalue weighted by Gasteiger charge is 2.51. The van der Waals surface area contributed by atoms with Crippen LogP contribution in [-0.4, -0.2) is 47.4 Å². The van der Waals surface area contributed by atoms with Crippen molar-refractivity contribution < 1.29 is 27.2 Å². The molecular formula is C11H16ClF4NO2. The van der Waals surface area contributed by atoms with E-state index < -0.39 is 24.3 Å². The van der Waals surface area contributed by atoms with E-state index in [-0.39, 0.29) is 31.0 Å². The van der Waals surface area contributed by atoms with Gasteiger partial charge in [0.25, 0.3) is 5.91 Å². The van der Waals surface area contributed by atoms with Crippen LogP contribution in [0.5, 0.6) is 0 Å². The average Bonchev–Trinajstić information content (AvgIpc) is 2.32. The van der Waals surface area contributed by atoms with E-state index in [1.807, 2.05) is 0 Å². The predicted molar refractivity (Wildman–Crippen MR) is 62.8 cm³/mol. The Morgan fingerprint density at radius 1 is 1.26 bits per heavy atom. The summed E-state index contributed by atoms with van der Waals surface area (Å²) in [6, 6.07) is -0.664. The van der Waals surface area contributed by atoms with Crippen molar-refractivity contribution in [1.29, 1.82) is 0 Å². The van der Waals surface area contributed by atoms with Crippen LogP contribution in [0.1, 0.15) is 26.7 Å². The number of Topliss-reactive ketones (excluding diaryl/α,β-unsaturated/α-hetero) is 1. The van der Waals surface area contributed by atoms with Crippen molar-refractivity contribution in [2.75, 3.05) is 12.4 Å². The molecule has 0 aromatic rings. The van der Waals surface area contributed by atoms with E-state index in [0.717, 1.165) is 0 Å². The van der Waals surface area contributed by atoms with Crippen LogP contribution in [-0.2, 0) is 9.59 Å². The van der Waals surface area contributed by atoms with Crippen molar-refractivity contribution in [3.05, 3.63) is 0 Å². The molecule has 0 unspecified atom stereocenters. The second-order valence-corrected chi connectivity index (χ2v) is 4.56. The Bertz CT molecular complexity index is 324. The predicted octanol–water partition coefficient (Wildman–Crippen LogP) is 2.71. The average molecular weight is 306 g/mol. The van der Waals surface area contributed by atoms with Gasteiger partial charge in [-0.15, -0.1) is 11.6 Å². The van der Waals surface area contributed by atoms with Gasteiger partial charge in [0.05, 0.1) is 5.88 Å². The largest absolute Gasteiger partial charge is 0.383 e. The fraction of sp³-hybridized carbons (Fsp3) is 0.818. The molecule has 0 saturated heterocycles. The van der Waals surface area contributed by atoms with E-state index in [1.165, 1.54) is 13.8 Å². The number of alkyl halides is 5. The molecule has 0 aliphatic carbocycles. The molecule has 19 heavy (non-hydrogen) atoms. The van der Waals surface area contributed by atoms with Crippen LogP contribution in [0.4, 0.5) is 17.6 Å². The van der Waals surface area contributed by atoms with Gasteiger partial charge in [-0.25, -0.2) is 8.78 Å². The number of ketones is 1. The van der Waals surface area contributed by atoms with E-state index >= 15 is 0 Å². The zero-order valence-electron chi connectivity index (χ0n) is 10.6. The number of halogens is 5. The summed E-state index contributed by atoms with van der Waals surface area (Å²) in [4.78, 5) is 23.0. The number of rotatable bonds is 8. The Morgan fingerprint density at radius 2 is 1.79 bits per heavy atom. The first-order valence-corrected chi connectivity index (χ1v) is 6.22. The molecule has 0 aromatic carbocycles. The zero-order chi connectivity index (χ0) is 15.2. The summed E-state index contributed by atoms with van der Waals surface area (Å²) in [6.45, 7) is 2.67. The Kier molecular flexibility index (Phi) is 7.33. The summed E-state index contributed by atoms with van der Waals surface area (Å²) in [6.07, 6.45) is -3.93. The third-order valence-electron chi connectivity index (χ3n) is 2.45. The Balaban J connectivity index is 4.66. The summed E-state index contributed by atoms with van der Waals surface area (Å²) in [7, 11) is 0. The second kappa shape index (κ2) is 7.67. The maximum atomic E-state index is 13.0. The Morgan fingerprint density at radius 3 is 2.16 bits per heavy atom. The third-order valence-corrected chi connectivity index (χ3v) is 2.75. The van der Waals surface area contributed by atoms with Gasteiger partial charge < -0.3 is 4.90 Å². The first-order chi connectivity index (χ1) is 8.64. The van der Waals surface area contributed by atoms with Gasteiger partial charge in [0.15, 0.2) is 0 Å². The molecular weight excluding hydrogens is 290 g/mol. The zero-order valence-corrected chi connectivity index (χ0v) is 11.4. The summed E-state index contributed by atoms with van der Waals surface area (Å²) < 4.78 is 50.2. The topological polar surface area (TPSA) is 37.4 Å². The summed E-state index contributed by atoms with van der Waals surface area (Å²) in [5.41, 5.74) is 0. The van der Waals surface area contributed by atoms with Gasteiger partial charge in [-0.1, -0.05) is 0 Å². The minimum absolute atomic E-state index is 0.0141. The van der Waals surface area contributed by atoms with Crippen molar-refractivity contribution in [1.82, 2.24) is 4.90 Å². The van der Waals surface area contributed by atoms with Crippen molar-refractivity contribution in [2.24, 2.45) is 0 Å². The fourth-order valence-electron chi connectivity index (χ4n) is 1.39. The van der Waals surface area contributed by atoms with E-state index in [4.69, 9.17) is 11.6 Å². The molecule has 0 N–H and O–H groups in total. The number of carbonyl (C=O) groups excluding carboxylic acids is 2. The van der Waals surface area contributed by atoms with Crippen molar-refractivity contribution in [2.45, 2.75) is 45.1 Å². The summed E-state index contributed by atoms with van der Waals surface area (Å²) in [5.74, 6) is -7.13. The van der Waals surface area contributed by atoms with Gasteiger partial charge in [-0.05, 0) is 20.3 Å². The van der Waals surface area contributed by atoms with Crippen LogP contribution >= 0.6 is 11.6 Å². The van der Waals surface area contributed by atoms with Gasteiger partial charge in [0.2, 0.25) is 0 Å². The monoisotopic (exact) mass is 305 g/mol. The smallest absolute Gasteiger partial charge is 0.335 e. The molecule has 112 valence electrons. The minimum Gasteiger partial charge on any atom is -0.335 e. The highest BCUT2D eigenvalue weighted by Crippen LogP contribution is 2.26. The lowest BCUT2D eigenvalue weighted by atomic mass is 10.2. The molecule has 0 radical (unpaired) electrons. The molecule has 0 aliphatic rings. The molecule has 0 spiro atoms. The van der Waals surface area contributed by atoms with E-state index in [9.17, 15) is 27.2 Å². The van der Waals surface area contributed by atoms with Crippen LogP contribution in [0.15, 0.2) is 0 Å². The lowest BCUT2D eigenvalue weighted by Gasteiger charge is -2.30. The number of hydrogen-bond donors (Lipinski definition) is 0. The van der Waals surface area contributed by atoms with Crippen molar-refractivity contribution in [3.8, 4) is 0 Å². The number of carbonyl (C=O) groups is 2.